The Bertz CT molecular complexity index is 622. The van der Waals surface area contributed by atoms with E-state index in [4.69, 9.17) is 14.2 Å². The van der Waals surface area contributed by atoms with Crippen LogP contribution < -0.4 is 20.2 Å². The molecule has 0 aliphatic heterocycles. The average Bonchev–Trinajstić information content (AvgIpc) is 2.60. The van der Waals surface area contributed by atoms with Gasteiger partial charge in [-0.3, -0.25) is 9.59 Å². The maximum Gasteiger partial charge on any atom is 0.329 e. The van der Waals surface area contributed by atoms with Gasteiger partial charge in [-0.25, -0.2) is 5.43 Å². The van der Waals surface area contributed by atoms with Crippen molar-refractivity contribution in [1.82, 2.24) is 10.7 Å². The van der Waals surface area contributed by atoms with Crippen LogP contribution in [0.4, 0.5) is 0 Å². The molecule has 0 aromatic heterocycles. The molecule has 0 aliphatic rings. The Hall–Kier alpha value is -2.13. The molecule has 0 aliphatic carbocycles. The summed E-state index contributed by atoms with van der Waals surface area (Å²) in [4.78, 5) is 23.0. The van der Waals surface area contributed by atoms with Crippen molar-refractivity contribution in [2.24, 2.45) is 5.10 Å². The third kappa shape index (κ3) is 7.10. The van der Waals surface area contributed by atoms with E-state index in [1.807, 2.05) is 6.92 Å². The van der Waals surface area contributed by atoms with E-state index in [2.05, 4.69) is 31.8 Å². The van der Waals surface area contributed by atoms with Crippen molar-refractivity contribution in [3.8, 4) is 11.5 Å². The zero-order chi connectivity index (χ0) is 18.7. The second-order valence-corrected chi connectivity index (χ2v) is 5.68. The molecule has 25 heavy (non-hydrogen) atoms. The Morgan fingerprint density at radius 1 is 1.24 bits per heavy atom. The average molecular weight is 416 g/mol. The summed E-state index contributed by atoms with van der Waals surface area (Å²) < 4.78 is 16.4. The molecule has 0 radical (unpaired) electrons. The van der Waals surface area contributed by atoms with Gasteiger partial charge in [0.25, 0.3) is 0 Å². The van der Waals surface area contributed by atoms with Crippen LogP contribution in [-0.4, -0.2) is 52.0 Å². The second kappa shape index (κ2) is 11.4. The fraction of sp³-hybridized carbons (Fsp3) is 0.438. The molecule has 1 rings (SSSR count). The van der Waals surface area contributed by atoms with Crippen LogP contribution in [0.25, 0.3) is 0 Å². The summed E-state index contributed by atoms with van der Waals surface area (Å²) in [5.74, 6) is -0.506. The summed E-state index contributed by atoms with van der Waals surface area (Å²) in [7, 11) is 3.04. The van der Waals surface area contributed by atoms with Gasteiger partial charge in [-0.05, 0) is 40.0 Å². The molecule has 0 atom stereocenters. The number of hydrogen-bond donors (Lipinski definition) is 2. The van der Waals surface area contributed by atoms with E-state index in [1.54, 1.807) is 12.1 Å². The van der Waals surface area contributed by atoms with Crippen molar-refractivity contribution in [1.29, 1.82) is 0 Å². The lowest BCUT2D eigenvalue weighted by atomic mass is 10.2. The van der Waals surface area contributed by atoms with Gasteiger partial charge >= 0.3 is 11.8 Å². The Kier molecular flexibility index (Phi) is 9.56. The monoisotopic (exact) mass is 415 g/mol. The quantitative estimate of drug-likeness (QED) is 0.275. The van der Waals surface area contributed by atoms with Crippen molar-refractivity contribution >= 4 is 34.0 Å². The van der Waals surface area contributed by atoms with Crippen LogP contribution in [0, 0.1) is 0 Å². The molecule has 0 spiro atoms. The Labute approximate surface area is 155 Å². The number of hydrogen-bond acceptors (Lipinski definition) is 6. The number of ether oxygens (including phenoxy) is 3. The van der Waals surface area contributed by atoms with Gasteiger partial charge in [0.1, 0.15) is 0 Å². The van der Waals surface area contributed by atoms with Crippen molar-refractivity contribution < 1.29 is 23.8 Å². The molecule has 0 fully saturated rings. The molecule has 2 amide bonds. The van der Waals surface area contributed by atoms with Gasteiger partial charge in [-0.15, -0.1) is 0 Å². The van der Waals surface area contributed by atoms with Crippen molar-refractivity contribution in [3.05, 3.63) is 22.2 Å². The van der Waals surface area contributed by atoms with E-state index >= 15 is 0 Å². The number of hydrazone groups is 1. The number of amides is 2. The molecule has 9 heteroatoms. The van der Waals surface area contributed by atoms with Crippen LogP contribution in [0.1, 0.15) is 18.9 Å². The zero-order valence-electron chi connectivity index (χ0n) is 14.4. The Morgan fingerprint density at radius 2 is 2.00 bits per heavy atom. The number of carbonyl (C=O) groups is 2. The highest BCUT2D eigenvalue weighted by atomic mass is 79.9. The minimum absolute atomic E-state index is 0.246. The highest BCUT2D eigenvalue weighted by Crippen LogP contribution is 2.36. The summed E-state index contributed by atoms with van der Waals surface area (Å²) in [6.07, 6.45) is 2.27. The number of carbonyl (C=O) groups excluding carboxylic acids is 2. The standard InChI is InChI=1S/C16H22BrN3O5/c1-4-6-25-14-12(17)8-11(9-13(14)24-3)10-19-20-16(22)15(21)18-5-7-23-2/h8-10H,4-7H2,1-3H3,(H,18,21)(H,20,22)/b19-10-. The number of nitrogens with one attached hydrogen (secondary N) is 2. The van der Waals surface area contributed by atoms with Crippen molar-refractivity contribution in [3.63, 3.8) is 0 Å². The Balaban J connectivity index is 2.69. The molecular formula is C16H22BrN3O5. The van der Waals surface area contributed by atoms with Gasteiger partial charge in [-0.1, -0.05) is 6.92 Å². The smallest absolute Gasteiger partial charge is 0.329 e. The topological polar surface area (TPSA) is 98.2 Å². The van der Waals surface area contributed by atoms with Crippen molar-refractivity contribution in [2.45, 2.75) is 13.3 Å². The Morgan fingerprint density at radius 3 is 2.64 bits per heavy atom. The van der Waals surface area contributed by atoms with Crippen LogP contribution >= 0.6 is 15.9 Å². The summed E-state index contributed by atoms with van der Waals surface area (Å²) >= 11 is 3.42. The summed E-state index contributed by atoms with van der Waals surface area (Å²) in [6, 6.07) is 3.48. The van der Waals surface area contributed by atoms with E-state index in [-0.39, 0.29) is 6.54 Å². The second-order valence-electron chi connectivity index (χ2n) is 4.83. The third-order valence-corrected chi connectivity index (χ3v) is 3.47. The highest BCUT2D eigenvalue weighted by molar-refractivity contribution is 9.10. The van der Waals surface area contributed by atoms with Gasteiger partial charge in [0, 0.05) is 13.7 Å². The van der Waals surface area contributed by atoms with Crippen LogP contribution in [0.3, 0.4) is 0 Å². The first-order valence-corrected chi connectivity index (χ1v) is 8.43. The highest BCUT2D eigenvalue weighted by Gasteiger charge is 2.12. The normalized spacial score (nSPS) is 10.6. The predicted molar refractivity (Wildman–Crippen MR) is 97.1 cm³/mol. The van der Waals surface area contributed by atoms with E-state index in [1.165, 1.54) is 20.4 Å². The molecule has 2 N–H and O–H groups in total. The first-order valence-electron chi connectivity index (χ1n) is 7.64. The largest absolute Gasteiger partial charge is 0.493 e. The van der Waals surface area contributed by atoms with Crippen LogP contribution in [0.15, 0.2) is 21.7 Å². The zero-order valence-corrected chi connectivity index (χ0v) is 16.0. The maximum atomic E-state index is 11.6. The number of halogens is 1. The van der Waals surface area contributed by atoms with Gasteiger partial charge in [-0.2, -0.15) is 5.10 Å². The van der Waals surface area contributed by atoms with Gasteiger partial charge in [0.05, 0.1) is 31.0 Å². The number of benzene rings is 1. The van der Waals surface area contributed by atoms with Crippen LogP contribution in [0.2, 0.25) is 0 Å². The molecule has 1 aromatic carbocycles. The van der Waals surface area contributed by atoms with Crippen LogP contribution in [-0.2, 0) is 14.3 Å². The first-order chi connectivity index (χ1) is 12.0. The fourth-order valence-corrected chi connectivity index (χ4v) is 2.30. The minimum atomic E-state index is -0.860. The number of methoxy groups -OCH3 is 2. The molecule has 138 valence electrons. The molecular weight excluding hydrogens is 394 g/mol. The summed E-state index contributed by atoms with van der Waals surface area (Å²) in [6.45, 7) is 3.14. The minimum Gasteiger partial charge on any atom is -0.493 e. The molecule has 0 heterocycles. The molecule has 0 saturated heterocycles. The fourth-order valence-electron chi connectivity index (χ4n) is 1.72. The molecule has 1 aromatic rings. The van der Waals surface area contributed by atoms with E-state index in [0.29, 0.717) is 34.7 Å². The number of nitrogens with zero attached hydrogens (tertiary/aromatic N) is 1. The van der Waals surface area contributed by atoms with E-state index < -0.39 is 11.8 Å². The summed E-state index contributed by atoms with van der Waals surface area (Å²) in [5.41, 5.74) is 2.81. The molecule has 0 unspecified atom stereocenters. The lowest BCUT2D eigenvalue weighted by Crippen LogP contribution is -2.39. The first kappa shape index (κ1) is 20.9. The van der Waals surface area contributed by atoms with Gasteiger partial charge in [0.2, 0.25) is 0 Å². The van der Waals surface area contributed by atoms with Gasteiger partial charge < -0.3 is 19.5 Å². The maximum absolute atomic E-state index is 11.6. The lowest BCUT2D eigenvalue weighted by Gasteiger charge is -2.12. The van der Waals surface area contributed by atoms with Crippen LogP contribution in [0.5, 0.6) is 11.5 Å². The van der Waals surface area contributed by atoms with E-state index in [0.717, 1.165) is 6.42 Å². The summed E-state index contributed by atoms with van der Waals surface area (Å²) in [5, 5.41) is 6.16. The van der Waals surface area contributed by atoms with Gasteiger partial charge in [0.15, 0.2) is 11.5 Å². The lowest BCUT2D eigenvalue weighted by molar-refractivity contribution is -0.139. The molecule has 0 saturated carbocycles. The molecule has 0 bridgehead atoms. The molecule has 8 nitrogen and oxygen atoms in total. The number of rotatable bonds is 9. The van der Waals surface area contributed by atoms with Crippen molar-refractivity contribution in [2.75, 3.05) is 34.0 Å². The predicted octanol–water partition coefficient (Wildman–Crippen LogP) is 1.46. The van der Waals surface area contributed by atoms with E-state index in [9.17, 15) is 9.59 Å². The SMILES string of the molecule is CCCOc1c(Br)cc(/C=N\NC(=O)C(=O)NCCOC)cc1OC. The third-order valence-electron chi connectivity index (χ3n) is 2.88.